The van der Waals surface area contributed by atoms with E-state index in [0.29, 0.717) is 41.0 Å². The molecule has 1 N–H and O–H groups in total. The molecule has 1 aliphatic heterocycles. The predicted octanol–water partition coefficient (Wildman–Crippen LogP) is 6.16. The van der Waals surface area contributed by atoms with Crippen LogP contribution in [0, 0.1) is 16.6 Å². The lowest BCUT2D eigenvalue weighted by atomic mass is 9.63. The monoisotopic (exact) mass is 530 g/mol. The summed E-state index contributed by atoms with van der Waals surface area (Å²) in [7, 11) is 1.98. The number of ketones is 2. The fourth-order valence-electron chi connectivity index (χ4n) is 6.20. The Balaban J connectivity index is 1.53. The highest BCUT2D eigenvalue weighted by atomic mass is 19.1. The molecule has 0 radical (unpaired) electrons. The molecule has 0 saturated carbocycles. The second kappa shape index (κ2) is 9.78. The zero-order valence-electron chi connectivity index (χ0n) is 23.2. The Morgan fingerprint density at radius 3 is 2.00 bits per heavy atom. The second-order valence-electron chi connectivity index (χ2n) is 12.5. The highest BCUT2D eigenvalue weighted by Crippen LogP contribution is 2.54. The number of allylic oxidation sites excluding steroid dienone is 4. The fourth-order valence-corrected chi connectivity index (χ4v) is 6.20. The van der Waals surface area contributed by atoms with Gasteiger partial charge in [-0.15, -0.1) is 0 Å². The molecule has 0 fully saturated rings. The van der Waals surface area contributed by atoms with Crippen LogP contribution in [-0.4, -0.2) is 36.0 Å². The number of halogens is 1. The molecule has 0 atom stereocenters. The summed E-state index contributed by atoms with van der Waals surface area (Å²) >= 11 is 0. The lowest BCUT2D eigenvalue weighted by molar-refractivity contribution is -0.120. The summed E-state index contributed by atoms with van der Waals surface area (Å²) in [4.78, 5) is 42.2. The van der Waals surface area contributed by atoms with Gasteiger partial charge in [0.05, 0.1) is 0 Å². The van der Waals surface area contributed by atoms with Gasteiger partial charge in [-0.05, 0) is 54.0 Å². The Morgan fingerprint density at radius 2 is 1.44 bits per heavy atom. The number of anilines is 1. The van der Waals surface area contributed by atoms with Crippen LogP contribution in [0.25, 0.3) is 0 Å². The molecule has 1 amide bonds. The quantitative estimate of drug-likeness (QED) is 0.501. The third-order valence-electron chi connectivity index (χ3n) is 7.90. The number of ether oxygens (including phenoxy) is 1. The van der Waals surface area contributed by atoms with Gasteiger partial charge in [0.25, 0.3) is 5.91 Å². The van der Waals surface area contributed by atoms with Gasteiger partial charge in [0.15, 0.2) is 18.2 Å². The molecule has 0 aromatic heterocycles. The van der Waals surface area contributed by atoms with E-state index in [4.69, 9.17) is 4.74 Å². The Hall–Kier alpha value is -3.74. The highest BCUT2D eigenvalue weighted by Gasteiger charge is 2.48. The molecule has 0 bridgehead atoms. The van der Waals surface area contributed by atoms with Crippen molar-refractivity contribution >= 4 is 23.2 Å². The molecule has 1 heterocycles. The van der Waals surface area contributed by atoms with Crippen LogP contribution < -0.4 is 10.1 Å². The van der Waals surface area contributed by atoms with Gasteiger partial charge in [-0.3, -0.25) is 14.4 Å². The van der Waals surface area contributed by atoms with Crippen molar-refractivity contribution < 1.29 is 23.5 Å². The number of carbonyl (C=O) groups excluding carboxylic acids is 3. The molecule has 0 spiro atoms. The van der Waals surface area contributed by atoms with Crippen LogP contribution in [0.1, 0.15) is 64.9 Å². The van der Waals surface area contributed by atoms with Gasteiger partial charge >= 0.3 is 0 Å². The van der Waals surface area contributed by atoms with Crippen LogP contribution in [0.15, 0.2) is 71.1 Å². The molecule has 39 heavy (non-hydrogen) atoms. The molecule has 2 aliphatic carbocycles. The van der Waals surface area contributed by atoms with E-state index in [-0.39, 0.29) is 34.8 Å². The molecule has 0 unspecified atom stereocenters. The molecule has 6 nitrogen and oxygen atoms in total. The normalized spacial score (nSPS) is 20.5. The summed E-state index contributed by atoms with van der Waals surface area (Å²) in [6.45, 7) is 8.14. The van der Waals surface area contributed by atoms with E-state index in [1.807, 2.05) is 25.2 Å². The molecule has 2 aromatic rings. The summed E-state index contributed by atoms with van der Waals surface area (Å²) in [5.74, 6) is -0.784. The van der Waals surface area contributed by atoms with Crippen LogP contribution in [0.3, 0.4) is 0 Å². The van der Waals surface area contributed by atoms with Crippen molar-refractivity contribution in [3.63, 3.8) is 0 Å². The van der Waals surface area contributed by atoms with Crippen molar-refractivity contribution in [2.24, 2.45) is 10.8 Å². The van der Waals surface area contributed by atoms with Gasteiger partial charge in [0.2, 0.25) is 0 Å². The zero-order chi connectivity index (χ0) is 28.1. The van der Waals surface area contributed by atoms with Crippen molar-refractivity contribution in [2.75, 3.05) is 19.0 Å². The van der Waals surface area contributed by atoms with E-state index in [1.165, 1.54) is 24.3 Å². The summed E-state index contributed by atoms with van der Waals surface area (Å²) in [5.41, 5.74) is 4.06. The third-order valence-corrected chi connectivity index (χ3v) is 7.90. The number of nitrogens with zero attached hydrogens (tertiary/aromatic N) is 1. The van der Waals surface area contributed by atoms with E-state index >= 15 is 0 Å². The van der Waals surface area contributed by atoms with Crippen LogP contribution in [0.2, 0.25) is 0 Å². The fraction of sp³-hybridized carbons (Fsp3) is 0.406. The minimum atomic E-state index is -0.547. The summed E-state index contributed by atoms with van der Waals surface area (Å²) in [6, 6.07) is 12.8. The number of hydrogen-bond donors (Lipinski definition) is 1. The number of para-hydroxylation sites is 1. The molecule has 204 valence electrons. The maximum Gasteiger partial charge on any atom is 0.262 e. The van der Waals surface area contributed by atoms with Gasteiger partial charge in [0, 0.05) is 59.6 Å². The van der Waals surface area contributed by atoms with Crippen molar-refractivity contribution in [3.8, 4) is 5.75 Å². The van der Waals surface area contributed by atoms with E-state index in [0.717, 1.165) is 24.2 Å². The van der Waals surface area contributed by atoms with Crippen LogP contribution in [0.5, 0.6) is 5.75 Å². The standard InChI is InChI=1S/C32H35FN2O4/c1-31(2)14-22-29(24(36)16-31)28(30-23(35(22)5)15-32(3,4)17-25(30)37)21-8-6-7-9-26(21)39-18-27(38)34-20-12-10-19(33)11-13-20/h6-13,28H,14-18H2,1-5H3,(H,34,38). The largest absolute Gasteiger partial charge is 0.483 e. The molecule has 5 rings (SSSR count). The minimum Gasteiger partial charge on any atom is -0.483 e. The molecule has 3 aliphatic rings. The number of carbonyl (C=O) groups is 3. The molecular weight excluding hydrogens is 495 g/mol. The first kappa shape index (κ1) is 26.9. The predicted molar refractivity (Wildman–Crippen MR) is 148 cm³/mol. The smallest absolute Gasteiger partial charge is 0.262 e. The zero-order valence-corrected chi connectivity index (χ0v) is 23.2. The SMILES string of the molecule is CN1C2=C(C(=O)CC(C)(C)C2)C(c2ccccc2OCC(=O)Nc2ccc(F)cc2)C2=C1CC(C)(C)CC2=O. The van der Waals surface area contributed by atoms with Gasteiger partial charge in [0.1, 0.15) is 11.6 Å². The van der Waals surface area contributed by atoms with Gasteiger partial charge in [-0.1, -0.05) is 45.9 Å². The highest BCUT2D eigenvalue weighted by molar-refractivity contribution is 6.07. The van der Waals surface area contributed by atoms with Gasteiger partial charge in [-0.25, -0.2) is 4.39 Å². The number of hydrogen-bond acceptors (Lipinski definition) is 5. The number of amides is 1. The first-order valence-corrected chi connectivity index (χ1v) is 13.4. The Bertz CT molecular complexity index is 1360. The van der Waals surface area contributed by atoms with E-state index in [9.17, 15) is 18.8 Å². The maximum atomic E-state index is 13.7. The van der Waals surface area contributed by atoms with Crippen LogP contribution in [0.4, 0.5) is 10.1 Å². The topological polar surface area (TPSA) is 75.7 Å². The average Bonchev–Trinajstić information content (AvgIpc) is 2.84. The first-order chi connectivity index (χ1) is 18.3. The third kappa shape index (κ3) is 5.27. The van der Waals surface area contributed by atoms with Crippen molar-refractivity contribution in [2.45, 2.75) is 59.3 Å². The molecule has 0 saturated heterocycles. The van der Waals surface area contributed by atoms with Crippen molar-refractivity contribution in [3.05, 3.63) is 82.5 Å². The average molecular weight is 531 g/mol. The van der Waals surface area contributed by atoms with Gasteiger partial charge in [-0.2, -0.15) is 0 Å². The molecular formula is C32H35FN2O4. The molecule has 7 heteroatoms. The summed E-state index contributed by atoms with van der Waals surface area (Å²) in [5, 5.41) is 2.70. The van der Waals surface area contributed by atoms with Gasteiger partial charge < -0.3 is 15.0 Å². The summed E-state index contributed by atoms with van der Waals surface area (Å²) < 4.78 is 19.2. The number of nitrogens with one attached hydrogen (secondary N) is 1. The molecule has 2 aromatic carbocycles. The lowest BCUT2D eigenvalue weighted by Crippen LogP contribution is -2.43. The minimum absolute atomic E-state index is 0.0474. The number of Topliss-reactive ketones (excluding diaryl/α,β-unsaturated/α-hetero) is 2. The van der Waals surface area contributed by atoms with Crippen molar-refractivity contribution in [1.82, 2.24) is 4.90 Å². The maximum absolute atomic E-state index is 13.7. The Morgan fingerprint density at radius 1 is 0.897 bits per heavy atom. The van der Waals surface area contributed by atoms with Crippen molar-refractivity contribution in [1.29, 1.82) is 0 Å². The van der Waals surface area contributed by atoms with E-state index < -0.39 is 11.8 Å². The Labute approximate surface area is 228 Å². The second-order valence-corrected chi connectivity index (χ2v) is 12.5. The van der Waals surface area contributed by atoms with E-state index in [2.05, 4.69) is 37.9 Å². The Kier molecular flexibility index (Phi) is 6.73. The van der Waals surface area contributed by atoms with Crippen LogP contribution >= 0.6 is 0 Å². The lowest BCUT2D eigenvalue weighted by Gasteiger charge is -2.48. The van der Waals surface area contributed by atoms with E-state index in [1.54, 1.807) is 6.07 Å². The van der Waals surface area contributed by atoms with Crippen LogP contribution in [-0.2, 0) is 14.4 Å². The summed E-state index contributed by atoms with van der Waals surface area (Å²) in [6.07, 6.45) is 2.27. The first-order valence-electron chi connectivity index (χ1n) is 13.4. The number of rotatable bonds is 5. The number of benzene rings is 2.